The second kappa shape index (κ2) is 11.5. The monoisotopic (exact) mass is 539 g/mol. The maximum Gasteiger partial charge on any atom is 0.270 e. The summed E-state index contributed by atoms with van der Waals surface area (Å²) in [6, 6.07) is 7.58. The van der Waals surface area contributed by atoms with E-state index in [1.165, 1.54) is 13.2 Å². The number of pyridine rings is 1. The van der Waals surface area contributed by atoms with Crippen molar-refractivity contribution in [2.75, 3.05) is 13.7 Å². The molecule has 1 aromatic carbocycles. The van der Waals surface area contributed by atoms with Crippen molar-refractivity contribution in [1.29, 1.82) is 0 Å². The van der Waals surface area contributed by atoms with E-state index in [1.807, 2.05) is 6.92 Å². The number of hydrogen-bond acceptors (Lipinski definition) is 6. The quantitative estimate of drug-likeness (QED) is 0.320. The van der Waals surface area contributed by atoms with E-state index in [0.29, 0.717) is 60.5 Å². The average molecular weight is 540 g/mol. The van der Waals surface area contributed by atoms with Crippen molar-refractivity contribution in [3.05, 3.63) is 81.6 Å². The fourth-order valence-corrected chi connectivity index (χ4v) is 5.36. The predicted octanol–water partition coefficient (Wildman–Crippen LogP) is 4.65. The van der Waals surface area contributed by atoms with Crippen molar-refractivity contribution >= 4 is 17.0 Å². The summed E-state index contributed by atoms with van der Waals surface area (Å²) in [4.78, 5) is 32.8. The van der Waals surface area contributed by atoms with Crippen LogP contribution in [0.25, 0.3) is 11.1 Å². The molecule has 3 aromatic heterocycles. The third-order valence-electron chi connectivity index (χ3n) is 7.41. The smallest absolute Gasteiger partial charge is 0.270 e. The Kier molecular flexibility index (Phi) is 7.87. The third kappa shape index (κ3) is 5.63. The molecule has 2 N–H and O–H groups in total. The highest BCUT2D eigenvalue weighted by molar-refractivity contribution is 5.92. The molecule has 5 rings (SSSR count). The second-order valence-electron chi connectivity index (χ2n) is 9.88. The molecule has 0 bridgehead atoms. The largest absolute Gasteiger partial charge is 0.438 e. The Labute approximate surface area is 223 Å². The van der Waals surface area contributed by atoms with Crippen LogP contribution in [-0.2, 0) is 11.3 Å². The molecule has 1 fully saturated rings. The lowest BCUT2D eigenvalue weighted by molar-refractivity contribution is 0.0876. The van der Waals surface area contributed by atoms with Crippen LogP contribution in [0, 0.1) is 11.7 Å². The van der Waals surface area contributed by atoms with Gasteiger partial charge in [0.1, 0.15) is 29.2 Å². The molecule has 1 aliphatic rings. The van der Waals surface area contributed by atoms with Gasteiger partial charge in [-0.15, -0.1) is 0 Å². The summed E-state index contributed by atoms with van der Waals surface area (Å²) in [5, 5.41) is 7.25. The Hall–Kier alpha value is -3.86. The molecule has 0 saturated heterocycles. The first kappa shape index (κ1) is 26.7. The summed E-state index contributed by atoms with van der Waals surface area (Å²) in [6.07, 6.45) is 3.73. The zero-order valence-electron chi connectivity index (χ0n) is 21.8. The Morgan fingerprint density at radius 2 is 2.05 bits per heavy atom. The fourth-order valence-electron chi connectivity index (χ4n) is 5.36. The zero-order chi connectivity index (χ0) is 27.5. The van der Waals surface area contributed by atoms with Gasteiger partial charge in [0, 0.05) is 37.5 Å². The van der Waals surface area contributed by atoms with Gasteiger partial charge in [-0.05, 0) is 68.4 Å². The molecular weight excluding hydrogens is 508 g/mol. The van der Waals surface area contributed by atoms with E-state index in [-0.39, 0.29) is 24.0 Å². The van der Waals surface area contributed by atoms with Crippen molar-refractivity contribution in [2.24, 2.45) is 5.92 Å². The molecule has 0 radical (unpaired) electrons. The number of nitrogens with one attached hydrogen (secondary N) is 2. The standard InChI is InChI=1S/C28H31F2N5O4/c1-3-35-23(10-11-32-35)27(37)34-25(16-4-7-18(29)8-5-16)28-33-22-12-17(6-9-24(22)39-28)21(15-38-2)20-13-19(30)14-31-26(20)36/h6,9-14,16,18,21,25H,3-5,7-8,15H2,1-2H3,(H,31,36)(H,34,37)/t16?,18?,21-,25+/m1/s1. The van der Waals surface area contributed by atoms with Crippen molar-refractivity contribution in [3.63, 3.8) is 0 Å². The molecule has 39 heavy (non-hydrogen) atoms. The van der Waals surface area contributed by atoms with Crippen LogP contribution in [-0.4, -0.2) is 45.5 Å². The Balaban J connectivity index is 1.50. The van der Waals surface area contributed by atoms with Gasteiger partial charge in [0.2, 0.25) is 5.89 Å². The number of aromatic nitrogens is 4. The Morgan fingerprint density at radius 3 is 2.79 bits per heavy atom. The van der Waals surface area contributed by atoms with E-state index in [1.54, 1.807) is 35.1 Å². The first-order chi connectivity index (χ1) is 18.9. The number of alkyl halides is 1. The Morgan fingerprint density at radius 1 is 1.26 bits per heavy atom. The number of ether oxygens (including phenoxy) is 1. The molecule has 4 aromatic rings. The number of oxazole rings is 1. The number of aryl methyl sites for hydroxylation is 1. The van der Waals surface area contributed by atoms with Gasteiger partial charge in [0.05, 0.1) is 6.61 Å². The number of amides is 1. The summed E-state index contributed by atoms with van der Waals surface area (Å²) < 4.78 is 41.0. The minimum absolute atomic E-state index is 0.0569. The number of hydrogen-bond donors (Lipinski definition) is 2. The van der Waals surface area contributed by atoms with Crippen LogP contribution in [0.3, 0.4) is 0 Å². The topological polar surface area (TPSA) is 115 Å². The predicted molar refractivity (Wildman–Crippen MR) is 140 cm³/mol. The molecule has 3 heterocycles. The molecule has 0 unspecified atom stereocenters. The molecule has 0 spiro atoms. The molecule has 9 nitrogen and oxygen atoms in total. The number of nitrogens with zero attached hydrogens (tertiary/aromatic N) is 3. The fraction of sp³-hybridized carbons (Fsp3) is 0.429. The number of H-pyrrole nitrogens is 1. The number of halogens is 2. The van der Waals surface area contributed by atoms with Gasteiger partial charge in [0.25, 0.3) is 11.5 Å². The zero-order valence-corrected chi connectivity index (χ0v) is 21.8. The van der Waals surface area contributed by atoms with Crippen LogP contribution in [0.15, 0.2) is 51.9 Å². The van der Waals surface area contributed by atoms with Gasteiger partial charge in [-0.1, -0.05) is 6.07 Å². The van der Waals surface area contributed by atoms with Crippen LogP contribution >= 0.6 is 0 Å². The van der Waals surface area contributed by atoms with E-state index in [9.17, 15) is 18.4 Å². The first-order valence-corrected chi connectivity index (χ1v) is 13.1. The summed E-state index contributed by atoms with van der Waals surface area (Å²) >= 11 is 0. The van der Waals surface area contributed by atoms with Crippen molar-refractivity contribution in [1.82, 2.24) is 25.1 Å². The molecule has 206 valence electrons. The molecule has 0 aliphatic heterocycles. The van der Waals surface area contributed by atoms with Crippen LogP contribution in [0.5, 0.6) is 0 Å². The lowest BCUT2D eigenvalue weighted by Crippen LogP contribution is -2.36. The van der Waals surface area contributed by atoms with Gasteiger partial charge >= 0.3 is 0 Å². The van der Waals surface area contributed by atoms with E-state index in [2.05, 4.69) is 15.4 Å². The number of benzene rings is 1. The van der Waals surface area contributed by atoms with E-state index in [4.69, 9.17) is 14.1 Å². The number of methoxy groups -OCH3 is 1. The van der Waals surface area contributed by atoms with Gasteiger partial charge in [-0.3, -0.25) is 14.3 Å². The number of carbonyl (C=O) groups excluding carboxylic acids is 1. The average Bonchev–Trinajstić information content (AvgIpc) is 3.59. The maximum atomic E-state index is 14.0. The Bertz CT molecular complexity index is 1510. The second-order valence-corrected chi connectivity index (χ2v) is 9.88. The van der Waals surface area contributed by atoms with Gasteiger partial charge in [0.15, 0.2) is 5.58 Å². The van der Waals surface area contributed by atoms with Gasteiger partial charge < -0.3 is 19.5 Å². The van der Waals surface area contributed by atoms with Crippen molar-refractivity contribution in [3.8, 4) is 0 Å². The highest BCUT2D eigenvalue weighted by Crippen LogP contribution is 2.37. The van der Waals surface area contributed by atoms with Crippen LogP contribution in [0.4, 0.5) is 8.78 Å². The summed E-state index contributed by atoms with van der Waals surface area (Å²) in [7, 11) is 1.51. The lowest BCUT2D eigenvalue weighted by atomic mass is 9.83. The summed E-state index contributed by atoms with van der Waals surface area (Å²) in [6.45, 7) is 2.59. The molecule has 1 saturated carbocycles. The highest BCUT2D eigenvalue weighted by Gasteiger charge is 2.34. The molecule has 11 heteroatoms. The summed E-state index contributed by atoms with van der Waals surface area (Å²) in [5.41, 5.74) is 1.97. The molecule has 1 aliphatic carbocycles. The number of rotatable bonds is 9. The number of carbonyl (C=O) groups is 1. The third-order valence-corrected chi connectivity index (χ3v) is 7.41. The van der Waals surface area contributed by atoms with E-state index >= 15 is 0 Å². The van der Waals surface area contributed by atoms with Gasteiger partial charge in [-0.2, -0.15) is 5.10 Å². The minimum Gasteiger partial charge on any atom is -0.438 e. The van der Waals surface area contributed by atoms with E-state index in [0.717, 1.165) is 6.20 Å². The maximum absolute atomic E-state index is 14.0. The number of fused-ring (bicyclic) bond motifs is 1. The molecular formula is C28H31F2N5O4. The SMILES string of the molecule is CCn1nccc1C(=O)N[C@H](c1nc2cc([C@@H](COC)c3cc(F)c[nH]c3=O)ccc2o1)C1CCC(F)CC1. The van der Waals surface area contributed by atoms with Crippen molar-refractivity contribution < 1.29 is 22.7 Å². The normalized spacial score (nSPS) is 19.2. The molecule has 2 atom stereocenters. The minimum atomic E-state index is -0.853. The highest BCUT2D eigenvalue weighted by atomic mass is 19.1. The summed E-state index contributed by atoms with van der Waals surface area (Å²) in [5.74, 6) is -1.13. The first-order valence-electron chi connectivity index (χ1n) is 13.1. The van der Waals surface area contributed by atoms with Gasteiger partial charge in [-0.25, -0.2) is 13.8 Å². The van der Waals surface area contributed by atoms with E-state index < -0.39 is 29.5 Å². The van der Waals surface area contributed by atoms with Crippen molar-refractivity contribution in [2.45, 2.75) is 57.3 Å². The van der Waals surface area contributed by atoms with Crippen LogP contribution < -0.4 is 10.9 Å². The van der Waals surface area contributed by atoms with Crippen LogP contribution in [0.1, 0.15) is 72.1 Å². The number of aromatic amines is 1. The lowest BCUT2D eigenvalue weighted by Gasteiger charge is -2.30. The molecule has 1 amide bonds. The van der Waals surface area contributed by atoms with Crippen LogP contribution in [0.2, 0.25) is 0 Å².